The fraction of sp³-hybridized carbons (Fsp3) is 0.533. The van der Waals surface area contributed by atoms with Crippen molar-refractivity contribution < 1.29 is 14.3 Å². The molecule has 4 rings (SSSR count). The summed E-state index contributed by atoms with van der Waals surface area (Å²) in [7, 11) is 0. The molecule has 2 atom stereocenters. The van der Waals surface area contributed by atoms with Gasteiger partial charge >= 0.3 is 0 Å². The van der Waals surface area contributed by atoms with Crippen molar-refractivity contribution in [3.8, 4) is 0 Å². The second kappa shape index (κ2) is 11.5. The predicted molar refractivity (Wildman–Crippen MR) is 145 cm³/mol. The zero-order valence-corrected chi connectivity index (χ0v) is 22.2. The van der Waals surface area contributed by atoms with E-state index in [0.29, 0.717) is 24.2 Å². The highest BCUT2D eigenvalue weighted by molar-refractivity contribution is 6.02. The Kier molecular flexibility index (Phi) is 8.35. The molecule has 0 aliphatic carbocycles. The van der Waals surface area contributed by atoms with Gasteiger partial charge in [0.15, 0.2) is 0 Å². The summed E-state index contributed by atoms with van der Waals surface area (Å²) in [4.78, 5) is 28.4. The average molecular weight is 492 g/mol. The van der Waals surface area contributed by atoms with Gasteiger partial charge in [-0.05, 0) is 66.3 Å². The van der Waals surface area contributed by atoms with E-state index >= 15 is 0 Å². The predicted octanol–water partition coefficient (Wildman–Crippen LogP) is 5.56. The van der Waals surface area contributed by atoms with Crippen molar-refractivity contribution in [2.24, 2.45) is 11.3 Å². The number of carbonyl (C=O) groups excluding carboxylic acids is 2. The highest BCUT2D eigenvalue weighted by Gasteiger charge is 2.24. The number of ether oxygens (including phenoxy) is 1. The third-order valence-electron chi connectivity index (χ3n) is 7.01. The summed E-state index contributed by atoms with van der Waals surface area (Å²) in [5, 5.41) is 6.11. The number of anilines is 2. The SMILES string of the molecule is CC(CC(=O)Nc1ccc(N2CCc3ccccc3C2)c(C(=O)NCC2CCCO2)c1)CC(C)(C)C. The number of nitrogens with zero attached hydrogens (tertiary/aromatic N) is 1. The maximum atomic E-state index is 13.4. The van der Waals surface area contributed by atoms with Crippen LogP contribution in [0.25, 0.3) is 0 Å². The molecule has 1 fully saturated rings. The van der Waals surface area contributed by atoms with Gasteiger partial charge in [0, 0.05) is 44.0 Å². The number of amides is 2. The van der Waals surface area contributed by atoms with Gasteiger partial charge in [0.2, 0.25) is 5.91 Å². The van der Waals surface area contributed by atoms with Crippen LogP contribution in [0.4, 0.5) is 11.4 Å². The lowest BCUT2D eigenvalue weighted by molar-refractivity contribution is -0.117. The molecule has 0 bridgehead atoms. The van der Waals surface area contributed by atoms with Crippen LogP contribution >= 0.6 is 0 Å². The summed E-state index contributed by atoms with van der Waals surface area (Å²) in [6.45, 7) is 11.6. The first-order valence-corrected chi connectivity index (χ1v) is 13.3. The third kappa shape index (κ3) is 7.10. The molecule has 6 nitrogen and oxygen atoms in total. The second-order valence-electron chi connectivity index (χ2n) is 11.6. The van der Waals surface area contributed by atoms with Gasteiger partial charge < -0.3 is 20.3 Å². The summed E-state index contributed by atoms with van der Waals surface area (Å²) in [6, 6.07) is 14.2. The van der Waals surface area contributed by atoms with E-state index in [1.165, 1.54) is 11.1 Å². The first kappa shape index (κ1) is 26.2. The zero-order valence-electron chi connectivity index (χ0n) is 22.2. The van der Waals surface area contributed by atoms with E-state index < -0.39 is 0 Å². The Labute approximate surface area is 215 Å². The molecular formula is C30H41N3O3. The summed E-state index contributed by atoms with van der Waals surface area (Å²) in [5.74, 6) is 0.139. The molecule has 0 radical (unpaired) electrons. The summed E-state index contributed by atoms with van der Waals surface area (Å²) in [6.07, 6.45) is 4.46. The third-order valence-corrected chi connectivity index (χ3v) is 7.01. The van der Waals surface area contributed by atoms with Gasteiger partial charge in [-0.2, -0.15) is 0 Å². The number of fused-ring (bicyclic) bond motifs is 1. The van der Waals surface area contributed by atoms with Crippen molar-refractivity contribution in [3.05, 3.63) is 59.2 Å². The molecule has 2 heterocycles. The first-order chi connectivity index (χ1) is 17.2. The Morgan fingerprint density at radius 1 is 1.14 bits per heavy atom. The van der Waals surface area contributed by atoms with Gasteiger partial charge in [-0.1, -0.05) is 52.0 Å². The van der Waals surface area contributed by atoms with Gasteiger partial charge in [-0.25, -0.2) is 0 Å². The topological polar surface area (TPSA) is 70.7 Å². The largest absolute Gasteiger partial charge is 0.376 e. The molecule has 2 unspecified atom stereocenters. The lowest BCUT2D eigenvalue weighted by Gasteiger charge is -2.32. The summed E-state index contributed by atoms with van der Waals surface area (Å²) >= 11 is 0. The fourth-order valence-corrected chi connectivity index (χ4v) is 5.53. The molecule has 2 aromatic rings. The van der Waals surface area contributed by atoms with Crippen molar-refractivity contribution in [2.75, 3.05) is 29.9 Å². The van der Waals surface area contributed by atoms with Gasteiger partial charge in [0.1, 0.15) is 0 Å². The Hall–Kier alpha value is -2.86. The lowest BCUT2D eigenvalue weighted by Crippen LogP contribution is -2.35. The van der Waals surface area contributed by atoms with E-state index in [1.807, 2.05) is 18.2 Å². The van der Waals surface area contributed by atoms with Crippen molar-refractivity contribution in [1.82, 2.24) is 5.32 Å². The van der Waals surface area contributed by atoms with E-state index in [-0.39, 0.29) is 29.3 Å². The smallest absolute Gasteiger partial charge is 0.253 e. The Morgan fingerprint density at radius 3 is 2.64 bits per heavy atom. The van der Waals surface area contributed by atoms with E-state index in [4.69, 9.17) is 4.74 Å². The van der Waals surface area contributed by atoms with Gasteiger partial charge in [-0.3, -0.25) is 9.59 Å². The minimum Gasteiger partial charge on any atom is -0.376 e. The second-order valence-corrected chi connectivity index (χ2v) is 11.6. The van der Waals surface area contributed by atoms with Crippen molar-refractivity contribution in [1.29, 1.82) is 0 Å². The quantitative estimate of drug-likeness (QED) is 0.507. The highest BCUT2D eigenvalue weighted by atomic mass is 16.5. The molecule has 0 saturated carbocycles. The van der Waals surface area contributed by atoms with Gasteiger partial charge in [-0.15, -0.1) is 0 Å². The van der Waals surface area contributed by atoms with Crippen LogP contribution < -0.4 is 15.5 Å². The molecule has 2 aliphatic heterocycles. The Balaban J connectivity index is 1.51. The first-order valence-electron chi connectivity index (χ1n) is 13.3. The molecular weight excluding hydrogens is 450 g/mol. The monoisotopic (exact) mass is 491 g/mol. The number of nitrogens with one attached hydrogen (secondary N) is 2. The Bertz CT molecular complexity index is 1070. The minimum absolute atomic E-state index is 0.0166. The summed E-state index contributed by atoms with van der Waals surface area (Å²) in [5.41, 5.74) is 4.99. The molecule has 36 heavy (non-hydrogen) atoms. The highest BCUT2D eigenvalue weighted by Crippen LogP contribution is 2.30. The number of rotatable bonds is 8. The van der Waals surface area contributed by atoms with Crippen LogP contribution in [0.5, 0.6) is 0 Å². The molecule has 2 aliphatic rings. The zero-order chi connectivity index (χ0) is 25.7. The van der Waals surface area contributed by atoms with Crippen LogP contribution in [-0.4, -0.2) is 37.6 Å². The van der Waals surface area contributed by atoms with E-state index in [2.05, 4.69) is 67.5 Å². The molecule has 2 N–H and O–H groups in total. The maximum absolute atomic E-state index is 13.4. The average Bonchev–Trinajstić information content (AvgIpc) is 3.34. The molecule has 0 spiro atoms. The normalized spacial score (nSPS) is 18.4. The number of benzene rings is 2. The van der Waals surface area contributed by atoms with Crippen LogP contribution in [0.15, 0.2) is 42.5 Å². The van der Waals surface area contributed by atoms with Gasteiger partial charge in [0.05, 0.1) is 11.7 Å². The maximum Gasteiger partial charge on any atom is 0.253 e. The molecule has 6 heteroatoms. The number of hydrogen-bond donors (Lipinski definition) is 2. The van der Waals surface area contributed by atoms with E-state index in [1.54, 1.807) is 0 Å². The fourth-order valence-electron chi connectivity index (χ4n) is 5.53. The van der Waals surface area contributed by atoms with Crippen LogP contribution in [0, 0.1) is 11.3 Å². The Morgan fingerprint density at radius 2 is 1.92 bits per heavy atom. The summed E-state index contributed by atoms with van der Waals surface area (Å²) < 4.78 is 5.69. The number of carbonyl (C=O) groups is 2. The van der Waals surface area contributed by atoms with Crippen LogP contribution in [0.2, 0.25) is 0 Å². The molecule has 0 aromatic heterocycles. The van der Waals surface area contributed by atoms with Crippen molar-refractivity contribution in [3.63, 3.8) is 0 Å². The van der Waals surface area contributed by atoms with Crippen LogP contribution in [0.3, 0.4) is 0 Å². The van der Waals surface area contributed by atoms with Crippen LogP contribution in [-0.2, 0) is 22.5 Å². The molecule has 2 amide bonds. The lowest BCUT2D eigenvalue weighted by atomic mass is 9.84. The molecule has 1 saturated heterocycles. The number of hydrogen-bond acceptors (Lipinski definition) is 4. The van der Waals surface area contributed by atoms with E-state index in [0.717, 1.165) is 51.1 Å². The standard InChI is InChI=1S/C30H41N3O3/c1-21(18-30(2,3)4)16-28(34)32-24-11-12-27(33-14-13-22-8-5-6-9-23(22)20-33)26(17-24)29(35)31-19-25-10-7-15-36-25/h5-6,8-9,11-12,17,21,25H,7,10,13-16,18-20H2,1-4H3,(H,31,35)(H,32,34). The van der Waals surface area contributed by atoms with Crippen molar-refractivity contribution in [2.45, 2.75) is 72.4 Å². The van der Waals surface area contributed by atoms with Gasteiger partial charge in [0.25, 0.3) is 5.91 Å². The molecule has 2 aromatic carbocycles. The van der Waals surface area contributed by atoms with Crippen LogP contribution in [0.1, 0.15) is 74.9 Å². The minimum atomic E-state index is -0.128. The van der Waals surface area contributed by atoms with Crippen molar-refractivity contribution >= 4 is 23.2 Å². The van der Waals surface area contributed by atoms with E-state index in [9.17, 15) is 9.59 Å². The molecule has 194 valence electrons.